The minimum absolute atomic E-state index is 0.350. The van der Waals surface area contributed by atoms with Gasteiger partial charge in [0.25, 0.3) is 0 Å². The number of aromatic nitrogens is 4. The van der Waals surface area contributed by atoms with Crippen LogP contribution >= 0.6 is 0 Å². The minimum Gasteiger partial charge on any atom is -0.354 e. The normalized spacial score (nSPS) is 15.5. The van der Waals surface area contributed by atoms with Crippen LogP contribution in [-0.4, -0.2) is 58.4 Å². The third-order valence-electron chi connectivity index (χ3n) is 5.67. The molecule has 4 rings (SSSR count). The van der Waals surface area contributed by atoms with Crippen molar-refractivity contribution < 1.29 is 8.42 Å². The van der Waals surface area contributed by atoms with E-state index in [1.807, 2.05) is 36.6 Å². The van der Waals surface area contributed by atoms with Crippen LogP contribution in [0.5, 0.6) is 0 Å². The fraction of sp³-hybridized carbons (Fsp3) is 0.381. The molecule has 1 aromatic carbocycles. The van der Waals surface area contributed by atoms with Crippen LogP contribution in [0.15, 0.2) is 47.9 Å². The second-order valence-electron chi connectivity index (χ2n) is 7.41. The van der Waals surface area contributed by atoms with Gasteiger partial charge in [0.2, 0.25) is 10.0 Å². The summed E-state index contributed by atoms with van der Waals surface area (Å²) in [6.45, 7) is 8.00. The zero-order valence-electron chi connectivity index (χ0n) is 17.5. The predicted molar refractivity (Wildman–Crippen MR) is 115 cm³/mol. The van der Waals surface area contributed by atoms with Crippen LogP contribution in [0.1, 0.15) is 23.9 Å². The molecule has 1 aliphatic heterocycles. The molecule has 1 aliphatic rings. The van der Waals surface area contributed by atoms with Crippen LogP contribution in [0, 0.1) is 13.8 Å². The van der Waals surface area contributed by atoms with Crippen molar-refractivity contribution >= 4 is 15.8 Å². The van der Waals surface area contributed by atoms with E-state index in [9.17, 15) is 8.42 Å². The van der Waals surface area contributed by atoms with Crippen LogP contribution in [0.3, 0.4) is 0 Å². The molecule has 0 spiro atoms. The largest absolute Gasteiger partial charge is 0.354 e. The Morgan fingerprint density at radius 3 is 2.20 bits per heavy atom. The summed E-state index contributed by atoms with van der Waals surface area (Å²) in [5.74, 6) is 1.54. The van der Waals surface area contributed by atoms with E-state index in [1.165, 1.54) is 6.33 Å². The van der Waals surface area contributed by atoms with Crippen molar-refractivity contribution in [2.24, 2.45) is 0 Å². The molecule has 0 atom stereocenters. The highest BCUT2D eigenvalue weighted by molar-refractivity contribution is 7.89. The molecule has 0 bridgehead atoms. The van der Waals surface area contributed by atoms with Crippen molar-refractivity contribution in [3.63, 3.8) is 0 Å². The first kappa shape index (κ1) is 20.5. The summed E-state index contributed by atoms with van der Waals surface area (Å²) in [6, 6.07) is 9.08. The molecule has 1 saturated heterocycles. The van der Waals surface area contributed by atoms with Gasteiger partial charge in [0.1, 0.15) is 24.3 Å². The molecular weight excluding hydrogens is 400 g/mol. The second-order valence-corrected chi connectivity index (χ2v) is 9.35. The highest BCUT2D eigenvalue weighted by Crippen LogP contribution is 2.22. The molecule has 3 aromatic rings. The van der Waals surface area contributed by atoms with Gasteiger partial charge in [-0.25, -0.2) is 23.4 Å². The van der Waals surface area contributed by atoms with Gasteiger partial charge in [-0.2, -0.15) is 4.31 Å². The van der Waals surface area contributed by atoms with Gasteiger partial charge in [-0.05, 0) is 38.0 Å². The number of nitrogens with zero attached hydrogens (tertiary/aromatic N) is 6. The number of sulfonamides is 1. The van der Waals surface area contributed by atoms with E-state index >= 15 is 0 Å². The minimum atomic E-state index is -3.49. The Morgan fingerprint density at radius 1 is 0.933 bits per heavy atom. The van der Waals surface area contributed by atoms with Gasteiger partial charge >= 0.3 is 0 Å². The lowest BCUT2D eigenvalue weighted by atomic mass is 10.2. The third kappa shape index (κ3) is 3.82. The fourth-order valence-electron chi connectivity index (χ4n) is 3.58. The average Bonchev–Trinajstić information content (AvgIpc) is 3.12. The number of hydrogen-bond donors (Lipinski definition) is 0. The first-order chi connectivity index (χ1) is 14.4. The molecule has 3 heterocycles. The monoisotopic (exact) mass is 426 g/mol. The Labute approximate surface area is 177 Å². The molecule has 0 saturated carbocycles. The van der Waals surface area contributed by atoms with Gasteiger partial charge < -0.3 is 4.90 Å². The zero-order chi connectivity index (χ0) is 21.3. The van der Waals surface area contributed by atoms with Crippen molar-refractivity contribution in [1.82, 2.24) is 23.8 Å². The Balaban J connectivity index is 1.48. The quantitative estimate of drug-likeness (QED) is 0.623. The van der Waals surface area contributed by atoms with E-state index in [1.54, 1.807) is 22.8 Å². The molecule has 0 radical (unpaired) electrons. The lowest BCUT2D eigenvalue weighted by Gasteiger charge is -2.34. The Kier molecular flexibility index (Phi) is 5.57. The summed E-state index contributed by atoms with van der Waals surface area (Å²) in [7, 11) is -3.49. The molecule has 0 N–H and O–H groups in total. The van der Waals surface area contributed by atoms with Crippen molar-refractivity contribution in [2.75, 3.05) is 31.1 Å². The topological polar surface area (TPSA) is 84.2 Å². The standard InChI is InChI=1S/C21H26N6O2S/c1-4-18-5-7-19(8-6-18)30(28,29)26-11-9-25(10-12-26)20-13-21(23-14-22-20)27-15-24-16(2)17(27)3/h5-8,13-15H,4,9-12H2,1-3H3. The highest BCUT2D eigenvalue weighted by Gasteiger charge is 2.29. The molecule has 0 amide bonds. The van der Waals surface area contributed by atoms with Crippen molar-refractivity contribution in [3.05, 3.63) is 59.9 Å². The van der Waals surface area contributed by atoms with E-state index in [4.69, 9.17) is 0 Å². The van der Waals surface area contributed by atoms with Gasteiger partial charge in [0.15, 0.2) is 0 Å². The van der Waals surface area contributed by atoms with E-state index < -0.39 is 10.0 Å². The van der Waals surface area contributed by atoms with Crippen LogP contribution in [-0.2, 0) is 16.4 Å². The summed E-state index contributed by atoms with van der Waals surface area (Å²) >= 11 is 0. The van der Waals surface area contributed by atoms with E-state index in [0.717, 1.165) is 35.0 Å². The van der Waals surface area contributed by atoms with Crippen molar-refractivity contribution in [2.45, 2.75) is 32.1 Å². The van der Waals surface area contributed by atoms with Gasteiger partial charge in [0.05, 0.1) is 10.6 Å². The molecule has 2 aromatic heterocycles. The molecule has 8 nitrogen and oxygen atoms in total. The molecule has 1 fully saturated rings. The number of anilines is 1. The first-order valence-corrected chi connectivity index (χ1v) is 11.5. The molecule has 158 valence electrons. The lowest BCUT2D eigenvalue weighted by Crippen LogP contribution is -2.48. The molecule has 9 heteroatoms. The number of piperazine rings is 1. The number of hydrogen-bond acceptors (Lipinski definition) is 6. The summed E-state index contributed by atoms with van der Waals surface area (Å²) < 4.78 is 29.4. The molecule has 0 unspecified atom stereocenters. The van der Waals surface area contributed by atoms with Crippen LogP contribution in [0.25, 0.3) is 5.82 Å². The van der Waals surface area contributed by atoms with Crippen LogP contribution < -0.4 is 4.90 Å². The number of rotatable bonds is 5. The number of imidazole rings is 1. The second kappa shape index (κ2) is 8.16. The Bertz CT molecular complexity index is 1130. The maximum Gasteiger partial charge on any atom is 0.243 e. The smallest absolute Gasteiger partial charge is 0.243 e. The maximum atomic E-state index is 13.0. The molecule has 0 aliphatic carbocycles. The van der Waals surface area contributed by atoms with Crippen molar-refractivity contribution in [3.8, 4) is 5.82 Å². The van der Waals surface area contributed by atoms with Gasteiger partial charge in [0, 0.05) is 37.9 Å². The predicted octanol–water partition coefficient (Wildman–Crippen LogP) is 2.35. The highest BCUT2D eigenvalue weighted by atomic mass is 32.2. The average molecular weight is 427 g/mol. The van der Waals surface area contributed by atoms with E-state index in [-0.39, 0.29) is 0 Å². The number of aryl methyl sites for hydroxylation is 2. The van der Waals surface area contributed by atoms with Crippen LogP contribution in [0.2, 0.25) is 0 Å². The summed E-state index contributed by atoms with van der Waals surface area (Å²) in [5.41, 5.74) is 3.12. The van der Waals surface area contributed by atoms with Gasteiger partial charge in [-0.3, -0.25) is 4.57 Å². The fourth-order valence-corrected chi connectivity index (χ4v) is 5.00. The lowest BCUT2D eigenvalue weighted by molar-refractivity contribution is 0.383. The van der Waals surface area contributed by atoms with Crippen molar-refractivity contribution in [1.29, 1.82) is 0 Å². The molecule has 30 heavy (non-hydrogen) atoms. The third-order valence-corrected chi connectivity index (χ3v) is 7.58. The van der Waals surface area contributed by atoms with E-state index in [2.05, 4.69) is 26.8 Å². The van der Waals surface area contributed by atoms with Gasteiger partial charge in [-0.15, -0.1) is 0 Å². The SMILES string of the molecule is CCc1ccc(S(=O)(=O)N2CCN(c3cc(-n4cnc(C)c4C)ncn3)CC2)cc1. The maximum absolute atomic E-state index is 13.0. The Morgan fingerprint density at radius 2 is 1.60 bits per heavy atom. The first-order valence-electron chi connectivity index (χ1n) is 10.1. The van der Waals surface area contributed by atoms with Gasteiger partial charge in [-0.1, -0.05) is 19.1 Å². The summed E-state index contributed by atoms with van der Waals surface area (Å²) in [4.78, 5) is 15.5. The number of benzene rings is 1. The van der Waals surface area contributed by atoms with E-state index in [0.29, 0.717) is 31.1 Å². The van der Waals surface area contributed by atoms with Crippen LogP contribution in [0.4, 0.5) is 5.82 Å². The summed E-state index contributed by atoms with van der Waals surface area (Å²) in [6.07, 6.45) is 4.18. The molecular formula is C21H26N6O2S. The zero-order valence-corrected chi connectivity index (χ0v) is 18.3. The Hall–Kier alpha value is -2.78. The summed E-state index contributed by atoms with van der Waals surface area (Å²) in [5, 5.41) is 0.